The first-order chi connectivity index (χ1) is 17.7. The van der Waals surface area contributed by atoms with E-state index in [4.69, 9.17) is 0 Å². The highest BCUT2D eigenvalue weighted by Gasteiger charge is 2.33. The average molecular weight is 484 g/mol. The first kappa shape index (κ1) is 22.5. The Kier molecular flexibility index (Phi) is 5.96. The van der Waals surface area contributed by atoms with Gasteiger partial charge in [-0.1, -0.05) is 25.0 Å². The predicted octanol–water partition coefficient (Wildman–Crippen LogP) is 3.62. The fraction of sp³-hybridized carbons (Fsp3) is 0.370. The van der Waals surface area contributed by atoms with Crippen LogP contribution in [0.1, 0.15) is 76.5 Å². The summed E-state index contributed by atoms with van der Waals surface area (Å²) in [5.74, 6) is -0.133. The summed E-state index contributed by atoms with van der Waals surface area (Å²) < 4.78 is 3.57. The molecule has 36 heavy (non-hydrogen) atoms. The van der Waals surface area contributed by atoms with Gasteiger partial charge < -0.3 is 10.2 Å². The fourth-order valence-electron chi connectivity index (χ4n) is 5.52. The van der Waals surface area contributed by atoms with Crippen molar-refractivity contribution in [2.45, 2.75) is 57.2 Å². The van der Waals surface area contributed by atoms with Crippen molar-refractivity contribution in [3.05, 3.63) is 83.6 Å². The van der Waals surface area contributed by atoms with Crippen molar-refractivity contribution >= 4 is 17.5 Å². The molecule has 1 saturated heterocycles. The minimum atomic E-state index is -0.136. The van der Waals surface area contributed by atoms with Crippen molar-refractivity contribution in [1.82, 2.24) is 34.6 Å². The molecule has 1 aliphatic heterocycles. The third-order valence-corrected chi connectivity index (χ3v) is 7.30. The smallest absolute Gasteiger partial charge is 0.256 e. The van der Waals surface area contributed by atoms with Crippen LogP contribution in [0.4, 0.5) is 0 Å². The Morgan fingerprint density at radius 1 is 1.00 bits per heavy atom. The number of carbonyl (C=O) groups is 2. The highest BCUT2D eigenvalue weighted by molar-refractivity contribution is 6.00. The molecule has 1 aliphatic carbocycles. The molecule has 2 fully saturated rings. The monoisotopic (exact) mass is 483 g/mol. The van der Waals surface area contributed by atoms with Crippen LogP contribution in [0.5, 0.6) is 0 Å². The molecule has 0 radical (unpaired) electrons. The molecule has 1 N–H and O–H groups in total. The Bertz CT molecular complexity index is 1390. The summed E-state index contributed by atoms with van der Waals surface area (Å²) in [6.45, 7) is 1.29. The number of nitrogens with one attached hydrogen (secondary N) is 1. The minimum absolute atomic E-state index is 0.00358. The van der Waals surface area contributed by atoms with E-state index in [1.165, 1.54) is 0 Å². The summed E-state index contributed by atoms with van der Waals surface area (Å²) in [6.07, 6.45) is 13.0. The molecule has 2 aliphatic rings. The van der Waals surface area contributed by atoms with E-state index in [0.717, 1.165) is 49.8 Å². The van der Waals surface area contributed by atoms with Gasteiger partial charge in [0.05, 0.1) is 24.5 Å². The molecule has 1 aromatic carbocycles. The number of fused-ring (bicyclic) bond motifs is 1. The standard InChI is InChI=1S/C27H29N7O2/c35-26(31-21-8-1-2-9-21)22-17-30-34-24(11-13-28-25(22)34)23-10-4-15-33(23)27(36)20-7-3-6-19(16-20)18-32-14-5-12-29-32/h3,5-7,11-14,16-17,21,23H,1-2,4,8-10,15,18H2,(H,31,35)/t23-/m1/s1. The molecule has 184 valence electrons. The van der Waals surface area contributed by atoms with Crippen LogP contribution in [0, 0.1) is 0 Å². The third-order valence-electron chi connectivity index (χ3n) is 7.30. The second-order valence-electron chi connectivity index (χ2n) is 9.68. The number of carbonyl (C=O) groups excluding carboxylic acids is 2. The summed E-state index contributed by atoms with van der Waals surface area (Å²) >= 11 is 0. The largest absolute Gasteiger partial charge is 0.349 e. The van der Waals surface area contributed by atoms with Gasteiger partial charge in [0.25, 0.3) is 11.8 Å². The zero-order valence-electron chi connectivity index (χ0n) is 20.1. The van der Waals surface area contributed by atoms with Gasteiger partial charge >= 0.3 is 0 Å². The topological polar surface area (TPSA) is 97.4 Å². The number of hydrogen-bond donors (Lipinski definition) is 1. The maximum atomic E-state index is 13.6. The Hall–Kier alpha value is -4.01. The van der Waals surface area contributed by atoms with E-state index in [1.54, 1.807) is 23.1 Å². The highest BCUT2D eigenvalue weighted by Crippen LogP contribution is 2.33. The van der Waals surface area contributed by atoms with Crippen molar-refractivity contribution in [2.75, 3.05) is 6.54 Å². The fourth-order valence-corrected chi connectivity index (χ4v) is 5.52. The lowest BCUT2D eigenvalue weighted by Gasteiger charge is -2.25. The van der Waals surface area contributed by atoms with Crippen LogP contribution in [-0.4, -0.2) is 53.7 Å². The lowest BCUT2D eigenvalue weighted by atomic mass is 10.1. The van der Waals surface area contributed by atoms with Crippen LogP contribution < -0.4 is 5.32 Å². The zero-order valence-corrected chi connectivity index (χ0v) is 20.1. The molecular formula is C27H29N7O2. The predicted molar refractivity (Wildman–Crippen MR) is 133 cm³/mol. The molecule has 9 nitrogen and oxygen atoms in total. The second-order valence-corrected chi connectivity index (χ2v) is 9.68. The maximum absolute atomic E-state index is 13.6. The number of rotatable bonds is 6. The zero-order chi connectivity index (χ0) is 24.5. The van der Waals surface area contributed by atoms with Crippen LogP contribution in [0.15, 0.2) is 61.2 Å². The van der Waals surface area contributed by atoms with Crippen LogP contribution in [0.25, 0.3) is 5.65 Å². The number of nitrogens with zero attached hydrogens (tertiary/aromatic N) is 6. The summed E-state index contributed by atoms with van der Waals surface area (Å²) in [5.41, 5.74) is 3.57. The van der Waals surface area contributed by atoms with Gasteiger partial charge in [0.2, 0.25) is 0 Å². The number of amides is 2. The number of benzene rings is 1. The molecular weight excluding hydrogens is 454 g/mol. The van der Waals surface area contributed by atoms with Crippen molar-refractivity contribution in [1.29, 1.82) is 0 Å². The minimum Gasteiger partial charge on any atom is -0.349 e. The molecule has 6 rings (SSSR count). The number of hydrogen-bond acceptors (Lipinski definition) is 5. The Labute approximate surface area is 209 Å². The van der Waals surface area contributed by atoms with E-state index in [-0.39, 0.29) is 23.9 Å². The Balaban J connectivity index is 1.25. The van der Waals surface area contributed by atoms with Crippen molar-refractivity contribution in [2.24, 2.45) is 0 Å². The van der Waals surface area contributed by atoms with E-state index in [2.05, 4.69) is 20.5 Å². The molecule has 0 spiro atoms. The van der Waals surface area contributed by atoms with Crippen LogP contribution in [-0.2, 0) is 6.54 Å². The molecule has 0 unspecified atom stereocenters. The highest BCUT2D eigenvalue weighted by atomic mass is 16.2. The van der Waals surface area contributed by atoms with Crippen LogP contribution in [0.3, 0.4) is 0 Å². The summed E-state index contributed by atoms with van der Waals surface area (Å²) in [5, 5.41) is 11.9. The molecule has 2 amide bonds. The van der Waals surface area contributed by atoms with Crippen LogP contribution in [0.2, 0.25) is 0 Å². The number of likely N-dealkylation sites (tertiary alicyclic amines) is 1. The van der Waals surface area contributed by atoms with Gasteiger partial charge in [0.1, 0.15) is 5.56 Å². The lowest BCUT2D eigenvalue weighted by molar-refractivity contribution is 0.0731. The van der Waals surface area contributed by atoms with E-state index in [9.17, 15) is 9.59 Å². The van der Waals surface area contributed by atoms with E-state index in [0.29, 0.717) is 29.9 Å². The second kappa shape index (κ2) is 9.56. The lowest BCUT2D eigenvalue weighted by Crippen LogP contribution is -2.33. The molecule has 9 heteroatoms. The van der Waals surface area contributed by atoms with Gasteiger partial charge in [0.15, 0.2) is 5.65 Å². The van der Waals surface area contributed by atoms with Gasteiger partial charge in [-0.25, -0.2) is 9.50 Å². The van der Waals surface area contributed by atoms with Crippen molar-refractivity contribution < 1.29 is 9.59 Å². The summed E-state index contributed by atoms with van der Waals surface area (Å²) in [7, 11) is 0. The molecule has 3 aromatic heterocycles. The van der Waals surface area contributed by atoms with Crippen LogP contribution >= 0.6 is 0 Å². The molecule has 0 bridgehead atoms. The van der Waals surface area contributed by atoms with E-state index < -0.39 is 0 Å². The summed E-state index contributed by atoms with van der Waals surface area (Å²) in [4.78, 5) is 32.9. The first-order valence-corrected chi connectivity index (χ1v) is 12.7. The SMILES string of the molecule is O=C(NC1CCCC1)c1cnn2c([C@H]3CCCN3C(=O)c3cccc(Cn4cccn4)c3)ccnc12. The van der Waals surface area contributed by atoms with Gasteiger partial charge in [0, 0.05) is 36.7 Å². The molecule has 4 heterocycles. The summed E-state index contributed by atoms with van der Waals surface area (Å²) in [6, 6.07) is 11.6. The number of aromatic nitrogens is 5. The van der Waals surface area contributed by atoms with Gasteiger partial charge in [-0.15, -0.1) is 0 Å². The first-order valence-electron chi connectivity index (χ1n) is 12.7. The quantitative estimate of drug-likeness (QED) is 0.452. The normalized spacial score (nSPS) is 18.2. The Morgan fingerprint density at radius 3 is 2.72 bits per heavy atom. The molecule has 1 atom stereocenters. The van der Waals surface area contributed by atoms with E-state index in [1.807, 2.05) is 52.2 Å². The van der Waals surface area contributed by atoms with E-state index >= 15 is 0 Å². The molecule has 1 saturated carbocycles. The van der Waals surface area contributed by atoms with Gasteiger partial charge in [-0.3, -0.25) is 14.3 Å². The molecule has 4 aromatic rings. The average Bonchev–Trinajstić information content (AvgIpc) is 3.71. The Morgan fingerprint density at radius 2 is 1.89 bits per heavy atom. The van der Waals surface area contributed by atoms with Gasteiger partial charge in [-0.2, -0.15) is 10.2 Å². The van der Waals surface area contributed by atoms with Gasteiger partial charge in [-0.05, 0) is 55.5 Å². The maximum Gasteiger partial charge on any atom is 0.256 e. The third kappa shape index (κ3) is 4.25. The van der Waals surface area contributed by atoms with Crippen molar-refractivity contribution in [3.8, 4) is 0 Å². The van der Waals surface area contributed by atoms with Crippen molar-refractivity contribution in [3.63, 3.8) is 0 Å².